The number of halogens is 3. The van der Waals surface area contributed by atoms with Crippen LogP contribution in [0.25, 0.3) is 0 Å². The molecule has 0 radical (unpaired) electrons. The molecule has 3 nitrogen and oxygen atoms in total. The Bertz CT molecular complexity index is 620. The number of methoxy groups -OCH3 is 1. The Morgan fingerprint density at radius 1 is 1.16 bits per heavy atom. The zero-order valence-corrected chi connectivity index (χ0v) is 13.2. The molecule has 2 aromatic carbocycles. The summed E-state index contributed by atoms with van der Waals surface area (Å²) >= 11 is 6.81. The molecule has 2 aromatic rings. The molecule has 6 heteroatoms. The summed E-state index contributed by atoms with van der Waals surface area (Å²) in [6.07, 6.45) is 0. The van der Waals surface area contributed by atoms with Gasteiger partial charge in [0, 0.05) is 10.5 Å². The van der Waals surface area contributed by atoms with Gasteiger partial charge in [0.15, 0.2) is 0 Å². The van der Waals surface area contributed by atoms with Crippen molar-refractivity contribution in [1.82, 2.24) is 0 Å². The Labute approximate surface area is 127 Å². The molecule has 0 heterocycles. The monoisotopic (exact) mass is 388 g/mol. The van der Waals surface area contributed by atoms with Gasteiger partial charge in [-0.3, -0.25) is 0 Å². The van der Waals surface area contributed by atoms with Crippen LogP contribution >= 0.6 is 31.9 Å². The van der Waals surface area contributed by atoms with E-state index in [9.17, 15) is 4.39 Å². The third kappa shape index (κ3) is 3.01. The van der Waals surface area contributed by atoms with Crippen LogP contribution in [0.2, 0.25) is 0 Å². The minimum atomic E-state index is -0.454. The van der Waals surface area contributed by atoms with Crippen LogP contribution in [0.1, 0.15) is 0 Å². The molecule has 0 fully saturated rings. The first-order chi connectivity index (χ1) is 9.02. The van der Waals surface area contributed by atoms with Crippen molar-refractivity contribution in [2.45, 2.75) is 0 Å². The number of para-hydroxylation sites is 1. The Kier molecular flexibility index (Phi) is 4.31. The van der Waals surface area contributed by atoms with E-state index in [1.807, 2.05) is 6.07 Å². The maximum absolute atomic E-state index is 13.4. The summed E-state index contributed by atoms with van der Waals surface area (Å²) in [4.78, 5) is 0. The number of nitrogens with one attached hydrogen (secondary N) is 1. The Hall–Kier alpha value is -1.27. The lowest BCUT2D eigenvalue weighted by Gasteiger charge is -2.13. The first kappa shape index (κ1) is 14.1. The van der Waals surface area contributed by atoms with Crippen molar-refractivity contribution in [1.29, 1.82) is 0 Å². The maximum atomic E-state index is 13.4. The van der Waals surface area contributed by atoms with Gasteiger partial charge in [-0.2, -0.15) is 0 Å². The van der Waals surface area contributed by atoms with E-state index in [4.69, 9.17) is 10.5 Å². The van der Waals surface area contributed by atoms with Crippen molar-refractivity contribution in [3.8, 4) is 5.75 Å². The molecule has 0 aliphatic heterocycles. The Morgan fingerprint density at radius 2 is 1.89 bits per heavy atom. The number of ether oxygens (including phenoxy) is 1. The van der Waals surface area contributed by atoms with Gasteiger partial charge < -0.3 is 15.8 Å². The Balaban J connectivity index is 2.41. The second-order valence-corrected chi connectivity index (χ2v) is 5.50. The molecule has 3 N–H and O–H groups in total. The highest BCUT2D eigenvalue weighted by atomic mass is 79.9. The second-order valence-electron chi connectivity index (χ2n) is 3.79. The fourth-order valence-electron chi connectivity index (χ4n) is 1.57. The van der Waals surface area contributed by atoms with E-state index < -0.39 is 5.82 Å². The van der Waals surface area contributed by atoms with E-state index >= 15 is 0 Å². The van der Waals surface area contributed by atoms with Gasteiger partial charge in [-0.1, -0.05) is 6.07 Å². The highest BCUT2D eigenvalue weighted by Gasteiger charge is 2.10. The van der Waals surface area contributed by atoms with Gasteiger partial charge in [-0.05, 0) is 50.1 Å². The van der Waals surface area contributed by atoms with E-state index in [-0.39, 0.29) is 5.69 Å². The van der Waals surface area contributed by atoms with E-state index in [1.54, 1.807) is 25.3 Å². The summed E-state index contributed by atoms with van der Waals surface area (Å²) in [6.45, 7) is 0. The maximum Gasteiger partial charge on any atom is 0.148 e. The topological polar surface area (TPSA) is 47.3 Å². The van der Waals surface area contributed by atoms with Crippen LogP contribution in [0.5, 0.6) is 5.75 Å². The van der Waals surface area contributed by atoms with Crippen LogP contribution in [0.15, 0.2) is 39.3 Å². The van der Waals surface area contributed by atoms with Crippen LogP contribution < -0.4 is 15.8 Å². The minimum Gasteiger partial charge on any atom is -0.495 e. The van der Waals surface area contributed by atoms with E-state index in [0.29, 0.717) is 11.4 Å². The highest BCUT2D eigenvalue weighted by molar-refractivity contribution is 9.11. The summed E-state index contributed by atoms with van der Waals surface area (Å²) in [5.74, 6) is 0.214. The molecule has 0 aromatic heterocycles. The zero-order valence-electron chi connectivity index (χ0n) is 10.0. The Morgan fingerprint density at radius 3 is 2.58 bits per heavy atom. The van der Waals surface area contributed by atoms with Crippen molar-refractivity contribution in [2.24, 2.45) is 0 Å². The van der Waals surface area contributed by atoms with Crippen LogP contribution in [0.4, 0.5) is 21.5 Å². The average Bonchev–Trinajstić information content (AvgIpc) is 2.38. The number of anilines is 3. The largest absolute Gasteiger partial charge is 0.495 e. The third-order valence-electron chi connectivity index (χ3n) is 2.56. The fourth-order valence-corrected chi connectivity index (χ4v) is 2.83. The van der Waals surface area contributed by atoms with E-state index in [2.05, 4.69) is 37.2 Å². The molecule has 0 aliphatic carbocycles. The first-order valence-electron chi connectivity index (χ1n) is 5.37. The number of benzene rings is 2. The lowest BCUT2D eigenvalue weighted by molar-refractivity contribution is 0.412. The quantitative estimate of drug-likeness (QED) is 0.749. The number of hydrogen-bond donors (Lipinski definition) is 2. The number of hydrogen-bond acceptors (Lipinski definition) is 3. The lowest BCUT2D eigenvalue weighted by atomic mass is 10.2. The van der Waals surface area contributed by atoms with Crippen molar-refractivity contribution in [3.05, 3.63) is 45.1 Å². The van der Waals surface area contributed by atoms with Crippen LogP contribution in [0.3, 0.4) is 0 Å². The molecule has 0 unspecified atom stereocenters. The van der Waals surface area contributed by atoms with Gasteiger partial charge in [0.25, 0.3) is 0 Å². The van der Waals surface area contributed by atoms with Gasteiger partial charge in [-0.25, -0.2) is 4.39 Å². The van der Waals surface area contributed by atoms with Crippen LogP contribution in [0, 0.1) is 5.82 Å². The second kappa shape index (κ2) is 5.79. The van der Waals surface area contributed by atoms with Crippen molar-refractivity contribution < 1.29 is 9.13 Å². The molecule has 0 aliphatic rings. The number of rotatable bonds is 3. The van der Waals surface area contributed by atoms with Crippen LogP contribution in [-0.4, -0.2) is 7.11 Å². The molecule has 100 valence electrons. The van der Waals surface area contributed by atoms with Crippen LogP contribution in [-0.2, 0) is 0 Å². The van der Waals surface area contributed by atoms with Gasteiger partial charge in [-0.15, -0.1) is 0 Å². The molecular weight excluding hydrogens is 379 g/mol. The summed E-state index contributed by atoms with van der Waals surface area (Å²) in [6, 6.07) is 8.25. The van der Waals surface area contributed by atoms with Crippen molar-refractivity contribution >= 4 is 48.9 Å². The molecule has 0 bridgehead atoms. The fraction of sp³-hybridized carbons (Fsp3) is 0.0769. The van der Waals surface area contributed by atoms with Gasteiger partial charge in [0.05, 0.1) is 28.6 Å². The van der Waals surface area contributed by atoms with Crippen molar-refractivity contribution in [2.75, 3.05) is 18.2 Å². The summed E-state index contributed by atoms with van der Waals surface area (Å²) in [7, 11) is 1.58. The standard InChI is InChI=1S/C13H11Br2FN2O/c1-19-12-6-11(7(14)5-8(12)15)18-10-4-2-3-9(16)13(10)17/h2-6,18H,17H2,1H3. The molecule has 0 saturated heterocycles. The summed E-state index contributed by atoms with van der Waals surface area (Å²) in [5.41, 5.74) is 7.01. The average molecular weight is 390 g/mol. The predicted octanol–water partition coefficient (Wildman–Crippen LogP) is 4.69. The molecule has 0 saturated carbocycles. The lowest BCUT2D eigenvalue weighted by Crippen LogP contribution is -1.99. The van der Waals surface area contributed by atoms with Gasteiger partial charge in [0.1, 0.15) is 11.6 Å². The first-order valence-corrected chi connectivity index (χ1v) is 6.95. The number of nitrogen functional groups attached to an aromatic ring is 1. The predicted molar refractivity (Wildman–Crippen MR) is 82.5 cm³/mol. The summed E-state index contributed by atoms with van der Waals surface area (Å²) < 4.78 is 20.2. The minimum absolute atomic E-state index is 0.0799. The summed E-state index contributed by atoms with van der Waals surface area (Å²) in [5, 5.41) is 3.07. The van der Waals surface area contributed by atoms with Crippen molar-refractivity contribution in [3.63, 3.8) is 0 Å². The molecule has 0 atom stereocenters. The molecule has 19 heavy (non-hydrogen) atoms. The van der Waals surface area contributed by atoms with Gasteiger partial charge in [0.2, 0.25) is 0 Å². The molecule has 0 spiro atoms. The number of nitrogens with two attached hydrogens (primary N) is 1. The normalized spacial score (nSPS) is 10.3. The molecule has 0 amide bonds. The molecular formula is C13H11Br2FN2O. The SMILES string of the molecule is COc1cc(Nc2cccc(F)c2N)c(Br)cc1Br. The zero-order chi connectivity index (χ0) is 14.0. The molecule has 2 rings (SSSR count). The highest BCUT2D eigenvalue weighted by Crippen LogP contribution is 2.37. The van der Waals surface area contributed by atoms with Gasteiger partial charge >= 0.3 is 0 Å². The van der Waals surface area contributed by atoms with E-state index in [1.165, 1.54) is 6.07 Å². The van der Waals surface area contributed by atoms with E-state index in [0.717, 1.165) is 14.6 Å². The smallest absolute Gasteiger partial charge is 0.148 e. The third-order valence-corrected chi connectivity index (χ3v) is 3.84.